The van der Waals surface area contributed by atoms with Gasteiger partial charge in [-0.05, 0) is 19.5 Å². The zero-order valence-electron chi connectivity index (χ0n) is 11.9. The molecular formula is C15H23NO3. The number of aliphatic hydroxyl groups is 1. The minimum atomic E-state index is -0.208. The topological polar surface area (TPSA) is 49.8 Å². The van der Waals surface area contributed by atoms with E-state index in [-0.39, 0.29) is 24.5 Å². The number of esters is 1. The molecule has 0 fully saturated rings. The van der Waals surface area contributed by atoms with Crippen LogP contribution in [0.3, 0.4) is 0 Å². The van der Waals surface area contributed by atoms with E-state index in [2.05, 4.69) is 0 Å². The van der Waals surface area contributed by atoms with Gasteiger partial charge in [-0.25, -0.2) is 0 Å². The van der Waals surface area contributed by atoms with Crippen LogP contribution in [0.5, 0.6) is 0 Å². The van der Waals surface area contributed by atoms with E-state index in [1.807, 2.05) is 56.1 Å². The van der Waals surface area contributed by atoms with Gasteiger partial charge >= 0.3 is 5.97 Å². The van der Waals surface area contributed by atoms with Crippen molar-refractivity contribution in [1.29, 1.82) is 0 Å². The molecule has 4 nitrogen and oxygen atoms in total. The van der Waals surface area contributed by atoms with Crippen molar-refractivity contribution in [3.63, 3.8) is 0 Å². The van der Waals surface area contributed by atoms with Crippen LogP contribution in [0.25, 0.3) is 0 Å². The summed E-state index contributed by atoms with van der Waals surface area (Å²) in [5.41, 5.74) is 0.986. The van der Waals surface area contributed by atoms with Gasteiger partial charge in [0.05, 0.1) is 12.5 Å². The SMILES string of the molecule is CC(CN(C)C(C)CO)C(=O)OCc1ccccc1. The molecule has 1 aromatic rings. The first-order valence-corrected chi connectivity index (χ1v) is 6.56. The molecule has 0 aliphatic heterocycles. The highest BCUT2D eigenvalue weighted by atomic mass is 16.5. The molecule has 0 aliphatic rings. The number of ether oxygens (including phenoxy) is 1. The number of carbonyl (C=O) groups excluding carboxylic acids is 1. The molecule has 4 heteroatoms. The minimum absolute atomic E-state index is 0.0457. The van der Waals surface area contributed by atoms with E-state index in [9.17, 15) is 4.79 Å². The zero-order chi connectivity index (χ0) is 14.3. The Kier molecular flexibility index (Phi) is 6.53. The van der Waals surface area contributed by atoms with Crippen molar-refractivity contribution in [2.45, 2.75) is 26.5 Å². The van der Waals surface area contributed by atoms with E-state index in [0.29, 0.717) is 13.2 Å². The smallest absolute Gasteiger partial charge is 0.310 e. The van der Waals surface area contributed by atoms with E-state index in [0.717, 1.165) is 5.56 Å². The van der Waals surface area contributed by atoms with E-state index >= 15 is 0 Å². The maximum atomic E-state index is 11.9. The molecule has 0 aliphatic carbocycles. The fourth-order valence-electron chi connectivity index (χ4n) is 1.70. The second kappa shape index (κ2) is 7.92. The van der Waals surface area contributed by atoms with Crippen molar-refractivity contribution in [1.82, 2.24) is 4.90 Å². The number of likely N-dealkylation sites (N-methyl/N-ethyl adjacent to an activating group) is 1. The number of benzene rings is 1. The summed E-state index contributed by atoms with van der Waals surface area (Å²) >= 11 is 0. The van der Waals surface area contributed by atoms with Crippen LogP contribution in [0.1, 0.15) is 19.4 Å². The lowest BCUT2D eigenvalue weighted by molar-refractivity contribution is -0.150. The monoisotopic (exact) mass is 265 g/mol. The molecule has 0 bridgehead atoms. The Balaban J connectivity index is 2.37. The molecule has 1 N–H and O–H groups in total. The molecule has 0 heterocycles. The molecule has 0 saturated heterocycles. The van der Waals surface area contributed by atoms with Gasteiger partial charge in [0.2, 0.25) is 0 Å². The second-order valence-electron chi connectivity index (χ2n) is 4.97. The molecule has 1 aromatic carbocycles. The molecule has 0 amide bonds. The Bertz CT molecular complexity index is 380. The predicted molar refractivity (Wildman–Crippen MR) is 74.6 cm³/mol. The van der Waals surface area contributed by atoms with Crippen LogP contribution in [0, 0.1) is 5.92 Å². The number of hydrogen-bond acceptors (Lipinski definition) is 4. The van der Waals surface area contributed by atoms with Crippen molar-refractivity contribution in [2.75, 3.05) is 20.2 Å². The first kappa shape index (κ1) is 15.7. The van der Waals surface area contributed by atoms with Crippen molar-refractivity contribution >= 4 is 5.97 Å². The van der Waals surface area contributed by atoms with Gasteiger partial charge in [0.1, 0.15) is 6.61 Å². The molecule has 19 heavy (non-hydrogen) atoms. The lowest BCUT2D eigenvalue weighted by Gasteiger charge is -2.25. The van der Waals surface area contributed by atoms with E-state index in [4.69, 9.17) is 9.84 Å². The summed E-state index contributed by atoms with van der Waals surface area (Å²) in [6.07, 6.45) is 0. The molecule has 1 rings (SSSR count). The van der Waals surface area contributed by atoms with Gasteiger partial charge in [0.15, 0.2) is 0 Å². The minimum Gasteiger partial charge on any atom is -0.461 e. The lowest BCUT2D eigenvalue weighted by Crippen LogP contribution is -2.37. The number of carbonyl (C=O) groups is 1. The average Bonchev–Trinajstić information content (AvgIpc) is 2.44. The van der Waals surface area contributed by atoms with Crippen molar-refractivity contribution in [3.8, 4) is 0 Å². The maximum absolute atomic E-state index is 11.9. The summed E-state index contributed by atoms with van der Waals surface area (Å²) < 4.78 is 5.28. The zero-order valence-corrected chi connectivity index (χ0v) is 11.9. The molecule has 0 aromatic heterocycles. The third-order valence-electron chi connectivity index (χ3n) is 3.20. The van der Waals surface area contributed by atoms with Crippen molar-refractivity contribution in [2.24, 2.45) is 5.92 Å². The molecule has 106 valence electrons. The highest BCUT2D eigenvalue weighted by molar-refractivity contribution is 5.72. The largest absolute Gasteiger partial charge is 0.461 e. The Morgan fingerprint density at radius 1 is 1.32 bits per heavy atom. The number of hydrogen-bond donors (Lipinski definition) is 1. The quantitative estimate of drug-likeness (QED) is 0.762. The summed E-state index contributed by atoms with van der Waals surface area (Å²) in [5, 5.41) is 9.05. The Labute approximate surface area is 115 Å². The number of rotatable bonds is 7. The second-order valence-corrected chi connectivity index (χ2v) is 4.97. The normalized spacial score (nSPS) is 14.2. The molecule has 2 atom stereocenters. The highest BCUT2D eigenvalue weighted by Crippen LogP contribution is 2.07. The van der Waals surface area contributed by atoms with E-state index in [1.165, 1.54) is 0 Å². The fourth-order valence-corrected chi connectivity index (χ4v) is 1.70. The maximum Gasteiger partial charge on any atom is 0.310 e. The van der Waals surface area contributed by atoms with Crippen LogP contribution in [0.4, 0.5) is 0 Å². The molecule has 2 unspecified atom stereocenters. The van der Waals surface area contributed by atoms with Crippen molar-refractivity contribution in [3.05, 3.63) is 35.9 Å². The third kappa shape index (κ3) is 5.41. The van der Waals surface area contributed by atoms with Gasteiger partial charge in [0.25, 0.3) is 0 Å². The first-order valence-electron chi connectivity index (χ1n) is 6.56. The number of nitrogens with zero attached hydrogens (tertiary/aromatic N) is 1. The van der Waals surface area contributed by atoms with Crippen LogP contribution in [-0.2, 0) is 16.1 Å². The molecule has 0 saturated carbocycles. The van der Waals surface area contributed by atoms with Crippen LogP contribution in [-0.4, -0.2) is 42.2 Å². The van der Waals surface area contributed by atoms with Gasteiger partial charge in [-0.15, -0.1) is 0 Å². The Morgan fingerprint density at radius 2 is 1.95 bits per heavy atom. The van der Waals surface area contributed by atoms with Gasteiger partial charge in [-0.1, -0.05) is 37.3 Å². The van der Waals surface area contributed by atoms with Crippen LogP contribution >= 0.6 is 0 Å². The summed E-state index contributed by atoms with van der Waals surface area (Å²) in [7, 11) is 1.89. The predicted octanol–water partition coefficient (Wildman–Crippen LogP) is 1.68. The Morgan fingerprint density at radius 3 is 2.53 bits per heavy atom. The van der Waals surface area contributed by atoms with Crippen LogP contribution < -0.4 is 0 Å². The third-order valence-corrected chi connectivity index (χ3v) is 3.20. The summed E-state index contributed by atoms with van der Waals surface area (Å²) in [6, 6.07) is 9.67. The highest BCUT2D eigenvalue weighted by Gasteiger charge is 2.19. The summed E-state index contributed by atoms with van der Waals surface area (Å²) in [5.74, 6) is -0.413. The lowest BCUT2D eigenvalue weighted by atomic mass is 10.1. The van der Waals surface area contributed by atoms with Gasteiger partial charge < -0.3 is 14.7 Å². The summed E-state index contributed by atoms with van der Waals surface area (Å²) in [4.78, 5) is 13.8. The number of aliphatic hydroxyl groups excluding tert-OH is 1. The molecule has 0 radical (unpaired) electrons. The van der Waals surface area contributed by atoms with E-state index < -0.39 is 0 Å². The average molecular weight is 265 g/mol. The van der Waals surface area contributed by atoms with E-state index in [1.54, 1.807) is 0 Å². The fraction of sp³-hybridized carbons (Fsp3) is 0.533. The van der Waals surface area contributed by atoms with Crippen LogP contribution in [0.15, 0.2) is 30.3 Å². The van der Waals surface area contributed by atoms with Crippen molar-refractivity contribution < 1.29 is 14.6 Å². The molecular weight excluding hydrogens is 242 g/mol. The van der Waals surface area contributed by atoms with Crippen LogP contribution in [0.2, 0.25) is 0 Å². The molecule has 0 spiro atoms. The van der Waals surface area contributed by atoms with Gasteiger partial charge in [-0.2, -0.15) is 0 Å². The summed E-state index contributed by atoms with van der Waals surface area (Å²) in [6.45, 7) is 4.73. The first-order chi connectivity index (χ1) is 9.04. The standard InChI is InChI=1S/C15H23NO3/c1-12(9-16(3)13(2)10-17)15(18)19-11-14-7-5-4-6-8-14/h4-8,12-13,17H,9-11H2,1-3H3. The van der Waals surface area contributed by atoms with Gasteiger partial charge in [0, 0.05) is 12.6 Å². The Hall–Kier alpha value is -1.39. The van der Waals surface area contributed by atoms with Gasteiger partial charge in [-0.3, -0.25) is 4.79 Å².